The average Bonchev–Trinajstić information content (AvgIpc) is 2.98. The van der Waals surface area contributed by atoms with Crippen molar-refractivity contribution in [1.29, 1.82) is 0 Å². The second-order valence-corrected chi connectivity index (χ2v) is 8.58. The Morgan fingerprint density at radius 2 is 1.65 bits per heavy atom. The molecule has 1 aliphatic rings. The van der Waals surface area contributed by atoms with Crippen LogP contribution in [0.15, 0.2) is 0 Å². The van der Waals surface area contributed by atoms with Gasteiger partial charge in [0.2, 0.25) is 0 Å². The summed E-state index contributed by atoms with van der Waals surface area (Å²) in [6.07, 6.45) is 5.51. The lowest BCUT2D eigenvalue weighted by molar-refractivity contribution is 0.204. The van der Waals surface area contributed by atoms with Gasteiger partial charge in [0.15, 0.2) is 0 Å². The predicted molar refractivity (Wildman–Crippen MR) is 90.9 cm³/mol. The van der Waals surface area contributed by atoms with Gasteiger partial charge >= 0.3 is 0 Å². The molecular formula is C19H39N. The van der Waals surface area contributed by atoms with E-state index in [-0.39, 0.29) is 0 Å². The van der Waals surface area contributed by atoms with Gasteiger partial charge in [0.05, 0.1) is 0 Å². The smallest absolute Gasteiger partial charge is 0.0126 e. The quantitative estimate of drug-likeness (QED) is 0.600. The molecule has 1 fully saturated rings. The molecule has 0 aliphatic heterocycles. The summed E-state index contributed by atoms with van der Waals surface area (Å²) in [6, 6.07) is 0.722. The molecule has 0 radical (unpaired) electrons. The van der Waals surface area contributed by atoms with Crippen molar-refractivity contribution in [2.24, 2.45) is 35.0 Å². The largest absolute Gasteiger partial charge is 0.316 e. The van der Waals surface area contributed by atoms with Crippen LogP contribution in [-0.4, -0.2) is 13.1 Å². The predicted octanol–water partition coefficient (Wildman–Crippen LogP) is 5.36. The molecule has 1 N–H and O–H groups in total. The third-order valence-corrected chi connectivity index (χ3v) is 6.08. The summed E-state index contributed by atoms with van der Waals surface area (Å²) in [7, 11) is 2.18. The Balaban J connectivity index is 2.74. The van der Waals surface area contributed by atoms with Gasteiger partial charge in [-0.1, -0.05) is 54.9 Å². The summed E-state index contributed by atoms with van der Waals surface area (Å²) in [6.45, 7) is 16.8. The summed E-state index contributed by atoms with van der Waals surface area (Å²) in [5.74, 6) is 4.23. The van der Waals surface area contributed by atoms with Crippen molar-refractivity contribution in [1.82, 2.24) is 5.32 Å². The van der Waals surface area contributed by atoms with E-state index in [9.17, 15) is 0 Å². The monoisotopic (exact) mass is 281 g/mol. The first kappa shape index (κ1) is 18.0. The fourth-order valence-electron chi connectivity index (χ4n) is 3.71. The van der Waals surface area contributed by atoms with Gasteiger partial charge in [0.1, 0.15) is 0 Å². The summed E-state index contributed by atoms with van der Waals surface area (Å²) in [4.78, 5) is 0. The Morgan fingerprint density at radius 3 is 2.00 bits per heavy atom. The van der Waals surface area contributed by atoms with E-state index in [0.717, 1.165) is 35.6 Å². The van der Waals surface area contributed by atoms with E-state index in [1.807, 2.05) is 0 Å². The Labute approximate surface area is 128 Å². The molecule has 0 heterocycles. The van der Waals surface area contributed by atoms with Gasteiger partial charge in [0, 0.05) is 6.04 Å². The van der Waals surface area contributed by atoms with Crippen LogP contribution in [0.3, 0.4) is 0 Å². The van der Waals surface area contributed by atoms with E-state index < -0.39 is 0 Å². The maximum Gasteiger partial charge on any atom is 0.0126 e. The van der Waals surface area contributed by atoms with Crippen LogP contribution in [0, 0.1) is 35.0 Å². The second-order valence-electron chi connectivity index (χ2n) is 8.58. The zero-order chi connectivity index (χ0) is 15.5. The van der Waals surface area contributed by atoms with Crippen LogP contribution in [0.4, 0.5) is 0 Å². The lowest BCUT2D eigenvalue weighted by Gasteiger charge is -2.33. The molecule has 1 aliphatic carbocycles. The first-order valence-corrected chi connectivity index (χ1v) is 8.90. The molecule has 5 atom stereocenters. The highest BCUT2D eigenvalue weighted by Gasteiger charge is 2.51. The molecule has 20 heavy (non-hydrogen) atoms. The van der Waals surface area contributed by atoms with Crippen LogP contribution in [0.5, 0.6) is 0 Å². The lowest BCUT2D eigenvalue weighted by atomic mass is 9.77. The van der Waals surface area contributed by atoms with Crippen molar-refractivity contribution in [2.45, 2.75) is 80.2 Å². The maximum absolute atomic E-state index is 3.69. The molecule has 0 spiro atoms. The summed E-state index contributed by atoms with van der Waals surface area (Å²) >= 11 is 0. The minimum atomic E-state index is 0.572. The molecule has 0 amide bonds. The molecule has 5 unspecified atom stereocenters. The lowest BCUT2D eigenvalue weighted by Crippen LogP contribution is -2.39. The van der Waals surface area contributed by atoms with E-state index in [0.29, 0.717) is 5.41 Å². The van der Waals surface area contributed by atoms with E-state index in [1.165, 1.54) is 25.7 Å². The van der Waals surface area contributed by atoms with Crippen LogP contribution in [0.2, 0.25) is 0 Å². The van der Waals surface area contributed by atoms with Crippen LogP contribution in [0.1, 0.15) is 74.1 Å². The molecule has 1 saturated carbocycles. The highest BCUT2D eigenvalue weighted by molar-refractivity contribution is 5.03. The van der Waals surface area contributed by atoms with Crippen molar-refractivity contribution in [3.05, 3.63) is 0 Å². The van der Waals surface area contributed by atoms with Gasteiger partial charge in [-0.3, -0.25) is 0 Å². The number of rotatable bonds is 9. The summed E-state index contributed by atoms with van der Waals surface area (Å²) < 4.78 is 0. The van der Waals surface area contributed by atoms with Crippen LogP contribution < -0.4 is 5.32 Å². The van der Waals surface area contributed by atoms with Crippen LogP contribution in [-0.2, 0) is 0 Å². The molecule has 120 valence electrons. The van der Waals surface area contributed by atoms with Gasteiger partial charge in [-0.25, -0.2) is 0 Å². The van der Waals surface area contributed by atoms with E-state index in [1.54, 1.807) is 0 Å². The van der Waals surface area contributed by atoms with E-state index in [2.05, 4.69) is 60.8 Å². The fraction of sp³-hybridized carbons (Fsp3) is 1.00. The zero-order valence-electron chi connectivity index (χ0n) is 15.3. The van der Waals surface area contributed by atoms with Crippen molar-refractivity contribution < 1.29 is 0 Å². The van der Waals surface area contributed by atoms with Gasteiger partial charge < -0.3 is 5.32 Å². The van der Waals surface area contributed by atoms with Gasteiger partial charge in [0.25, 0.3) is 0 Å². The SMILES string of the molecule is CCC(C)CC(CC(C)C(C)C)C(NC)C1CC1(C)C. The number of hydrogen-bond donors (Lipinski definition) is 1. The van der Waals surface area contributed by atoms with Crippen molar-refractivity contribution in [3.8, 4) is 0 Å². The Hall–Kier alpha value is -0.0400. The van der Waals surface area contributed by atoms with E-state index in [4.69, 9.17) is 0 Å². The third-order valence-electron chi connectivity index (χ3n) is 6.08. The maximum atomic E-state index is 3.69. The molecular weight excluding hydrogens is 242 g/mol. The summed E-state index contributed by atoms with van der Waals surface area (Å²) in [5, 5.41) is 3.69. The standard InChI is InChI=1S/C19H39N/c1-9-14(4)10-16(11-15(5)13(2)3)18(20-8)17-12-19(17,6)7/h13-18,20H,9-12H2,1-8H3. The van der Waals surface area contributed by atoms with Crippen molar-refractivity contribution in [3.63, 3.8) is 0 Å². The fourth-order valence-corrected chi connectivity index (χ4v) is 3.71. The minimum absolute atomic E-state index is 0.572. The Kier molecular flexibility index (Phi) is 6.57. The second kappa shape index (κ2) is 7.29. The molecule has 0 aromatic carbocycles. The van der Waals surface area contributed by atoms with Gasteiger partial charge in [-0.05, 0) is 61.3 Å². The normalized spacial score (nSPS) is 27.1. The molecule has 1 nitrogen and oxygen atoms in total. The number of hydrogen-bond acceptors (Lipinski definition) is 1. The minimum Gasteiger partial charge on any atom is -0.316 e. The molecule has 1 rings (SSSR count). The first-order valence-electron chi connectivity index (χ1n) is 8.90. The first-order chi connectivity index (χ1) is 9.22. The highest BCUT2D eigenvalue weighted by atomic mass is 14.9. The van der Waals surface area contributed by atoms with E-state index >= 15 is 0 Å². The van der Waals surface area contributed by atoms with Crippen molar-refractivity contribution >= 4 is 0 Å². The van der Waals surface area contributed by atoms with Crippen molar-refractivity contribution in [2.75, 3.05) is 7.05 Å². The Morgan fingerprint density at radius 1 is 1.10 bits per heavy atom. The zero-order valence-corrected chi connectivity index (χ0v) is 15.3. The average molecular weight is 282 g/mol. The van der Waals surface area contributed by atoms with Gasteiger partial charge in [-0.15, -0.1) is 0 Å². The summed E-state index contributed by atoms with van der Waals surface area (Å²) in [5.41, 5.74) is 0.572. The Bertz CT molecular complexity index is 281. The molecule has 0 aromatic heterocycles. The highest BCUT2D eigenvalue weighted by Crippen LogP contribution is 2.55. The molecule has 0 aromatic rings. The van der Waals surface area contributed by atoms with Crippen LogP contribution >= 0.6 is 0 Å². The topological polar surface area (TPSA) is 12.0 Å². The molecule has 0 saturated heterocycles. The van der Waals surface area contributed by atoms with Crippen LogP contribution in [0.25, 0.3) is 0 Å². The van der Waals surface area contributed by atoms with Gasteiger partial charge in [-0.2, -0.15) is 0 Å². The number of nitrogens with one attached hydrogen (secondary N) is 1. The third kappa shape index (κ3) is 4.76. The molecule has 0 bridgehead atoms. The molecule has 1 heteroatoms.